The second-order valence-electron chi connectivity index (χ2n) is 3.71. The fraction of sp³-hybridized carbons (Fsp3) is 0.0714. The van der Waals surface area contributed by atoms with Crippen molar-refractivity contribution < 1.29 is 14.6 Å². The molecule has 0 aliphatic heterocycles. The molecule has 4 heteroatoms. The zero-order valence-electron chi connectivity index (χ0n) is 9.47. The Kier molecular flexibility index (Phi) is 3.85. The van der Waals surface area contributed by atoms with Gasteiger partial charge in [0.1, 0.15) is 12.4 Å². The van der Waals surface area contributed by atoms with E-state index in [2.05, 4.69) is 0 Å². The van der Waals surface area contributed by atoms with Gasteiger partial charge < -0.3 is 9.84 Å². The van der Waals surface area contributed by atoms with Crippen LogP contribution in [-0.2, 0) is 6.61 Å². The first-order chi connectivity index (χ1) is 8.66. The van der Waals surface area contributed by atoms with E-state index >= 15 is 0 Å². The summed E-state index contributed by atoms with van der Waals surface area (Å²) in [6, 6.07) is 14.0. The van der Waals surface area contributed by atoms with Crippen LogP contribution in [0.3, 0.4) is 0 Å². The van der Waals surface area contributed by atoms with Gasteiger partial charge in [-0.25, -0.2) is 4.79 Å². The standard InChI is InChI=1S/C14H11ClO3/c15-13-8-10(14(16)17)6-7-11(13)9-18-12-4-2-1-3-5-12/h1-8H,9H2,(H,16,17). The molecule has 0 aliphatic rings. The second kappa shape index (κ2) is 5.56. The average Bonchev–Trinajstić information content (AvgIpc) is 2.38. The fourth-order valence-electron chi connectivity index (χ4n) is 1.48. The summed E-state index contributed by atoms with van der Waals surface area (Å²) < 4.78 is 5.54. The summed E-state index contributed by atoms with van der Waals surface area (Å²) in [4.78, 5) is 10.8. The van der Waals surface area contributed by atoms with Gasteiger partial charge in [0.2, 0.25) is 0 Å². The molecule has 1 N–H and O–H groups in total. The molecule has 2 rings (SSSR count). The third-order valence-electron chi connectivity index (χ3n) is 2.44. The highest BCUT2D eigenvalue weighted by molar-refractivity contribution is 6.31. The van der Waals surface area contributed by atoms with E-state index in [9.17, 15) is 4.79 Å². The molecular formula is C14H11ClO3. The van der Waals surface area contributed by atoms with E-state index in [0.717, 1.165) is 11.3 Å². The monoisotopic (exact) mass is 262 g/mol. The van der Waals surface area contributed by atoms with Gasteiger partial charge in [-0.05, 0) is 24.3 Å². The normalized spacial score (nSPS) is 10.1. The summed E-state index contributed by atoms with van der Waals surface area (Å²) in [6.45, 7) is 0.308. The fourth-order valence-corrected chi connectivity index (χ4v) is 1.71. The van der Waals surface area contributed by atoms with Crippen LogP contribution >= 0.6 is 11.6 Å². The Morgan fingerprint density at radius 1 is 1.17 bits per heavy atom. The lowest BCUT2D eigenvalue weighted by Crippen LogP contribution is -2.00. The molecule has 0 aromatic heterocycles. The molecule has 0 saturated carbocycles. The number of hydrogen-bond donors (Lipinski definition) is 1. The van der Waals surface area contributed by atoms with Crippen LogP contribution in [0.5, 0.6) is 5.75 Å². The van der Waals surface area contributed by atoms with Crippen LogP contribution < -0.4 is 4.74 Å². The van der Waals surface area contributed by atoms with Crippen molar-refractivity contribution in [3.05, 3.63) is 64.7 Å². The van der Waals surface area contributed by atoms with Crippen molar-refractivity contribution in [2.45, 2.75) is 6.61 Å². The number of hydrogen-bond acceptors (Lipinski definition) is 2. The van der Waals surface area contributed by atoms with Gasteiger partial charge in [-0.3, -0.25) is 0 Å². The van der Waals surface area contributed by atoms with Gasteiger partial charge in [0.15, 0.2) is 0 Å². The molecule has 3 nitrogen and oxygen atoms in total. The van der Waals surface area contributed by atoms with Gasteiger partial charge in [0.05, 0.1) is 5.56 Å². The molecule has 0 spiro atoms. The Bertz CT molecular complexity index is 552. The Balaban J connectivity index is 2.08. The minimum atomic E-state index is -0.993. The molecule has 2 aromatic carbocycles. The summed E-state index contributed by atoms with van der Waals surface area (Å²) in [5, 5.41) is 9.21. The van der Waals surface area contributed by atoms with E-state index < -0.39 is 5.97 Å². The predicted octanol–water partition coefficient (Wildman–Crippen LogP) is 3.62. The van der Waals surface area contributed by atoms with Crippen LogP contribution in [0, 0.1) is 0 Å². The number of carboxylic acid groups (broad SMARTS) is 1. The smallest absolute Gasteiger partial charge is 0.335 e. The van der Waals surface area contributed by atoms with Crippen LogP contribution in [-0.4, -0.2) is 11.1 Å². The maximum atomic E-state index is 10.8. The largest absolute Gasteiger partial charge is 0.489 e. The quantitative estimate of drug-likeness (QED) is 0.915. The van der Waals surface area contributed by atoms with Gasteiger partial charge in [-0.1, -0.05) is 35.9 Å². The third-order valence-corrected chi connectivity index (χ3v) is 2.79. The molecule has 0 unspecified atom stereocenters. The van der Waals surface area contributed by atoms with Crippen molar-refractivity contribution in [3.8, 4) is 5.75 Å². The molecule has 2 aromatic rings. The van der Waals surface area contributed by atoms with Crippen molar-refractivity contribution in [2.24, 2.45) is 0 Å². The molecule has 0 aliphatic carbocycles. The van der Waals surface area contributed by atoms with Crippen LogP contribution in [0.1, 0.15) is 15.9 Å². The summed E-state index contributed by atoms with van der Waals surface area (Å²) in [5.41, 5.74) is 0.925. The lowest BCUT2D eigenvalue weighted by molar-refractivity contribution is 0.0697. The molecule has 92 valence electrons. The Morgan fingerprint density at radius 3 is 2.50 bits per heavy atom. The van der Waals surface area contributed by atoms with Gasteiger partial charge >= 0.3 is 5.97 Å². The van der Waals surface area contributed by atoms with E-state index in [1.54, 1.807) is 6.07 Å². The third kappa shape index (κ3) is 3.02. The van der Waals surface area contributed by atoms with Crippen molar-refractivity contribution >= 4 is 17.6 Å². The van der Waals surface area contributed by atoms with E-state index in [1.165, 1.54) is 12.1 Å². The number of benzene rings is 2. The second-order valence-corrected chi connectivity index (χ2v) is 4.12. The van der Waals surface area contributed by atoms with E-state index in [4.69, 9.17) is 21.4 Å². The molecule has 0 fully saturated rings. The summed E-state index contributed by atoms with van der Waals surface area (Å²) >= 11 is 6.00. The summed E-state index contributed by atoms with van der Waals surface area (Å²) in [6.07, 6.45) is 0. The first kappa shape index (κ1) is 12.5. The van der Waals surface area contributed by atoms with Gasteiger partial charge in [0, 0.05) is 10.6 Å². The maximum Gasteiger partial charge on any atom is 0.335 e. The lowest BCUT2D eigenvalue weighted by Gasteiger charge is -2.08. The van der Waals surface area contributed by atoms with Crippen molar-refractivity contribution in [3.63, 3.8) is 0 Å². The number of halogens is 1. The highest BCUT2D eigenvalue weighted by Gasteiger charge is 2.07. The molecule has 18 heavy (non-hydrogen) atoms. The van der Waals surface area contributed by atoms with Crippen molar-refractivity contribution in [1.29, 1.82) is 0 Å². The van der Waals surface area contributed by atoms with Gasteiger partial charge in [-0.2, -0.15) is 0 Å². The Labute approximate surface area is 110 Å². The number of carbonyl (C=O) groups is 1. The Hall–Kier alpha value is -2.00. The minimum absolute atomic E-state index is 0.170. The Morgan fingerprint density at radius 2 is 1.89 bits per heavy atom. The van der Waals surface area contributed by atoms with Crippen LogP contribution in [0.15, 0.2) is 48.5 Å². The highest BCUT2D eigenvalue weighted by atomic mass is 35.5. The van der Waals surface area contributed by atoms with E-state index in [-0.39, 0.29) is 5.56 Å². The van der Waals surface area contributed by atoms with Gasteiger partial charge in [0.25, 0.3) is 0 Å². The molecule has 0 atom stereocenters. The molecule has 0 heterocycles. The topological polar surface area (TPSA) is 46.5 Å². The van der Waals surface area contributed by atoms with Crippen molar-refractivity contribution in [1.82, 2.24) is 0 Å². The van der Waals surface area contributed by atoms with Crippen molar-refractivity contribution in [2.75, 3.05) is 0 Å². The summed E-state index contributed by atoms with van der Waals surface area (Å²) in [7, 11) is 0. The number of rotatable bonds is 4. The van der Waals surface area contributed by atoms with Crippen LogP contribution in [0.4, 0.5) is 0 Å². The summed E-state index contributed by atoms with van der Waals surface area (Å²) in [5.74, 6) is -0.247. The zero-order chi connectivity index (χ0) is 13.0. The number of aromatic carboxylic acids is 1. The molecular weight excluding hydrogens is 252 g/mol. The van der Waals surface area contributed by atoms with Crippen LogP contribution in [0.2, 0.25) is 5.02 Å². The van der Waals surface area contributed by atoms with Crippen LogP contribution in [0.25, 0.3) is 0 Å². The van der Waals surface area contributed by atoms with E-state index in [0.29, 0.717) is 11.6 Å². The maximum absolute atomic E-state index is 10.8. The first-order valence-corrected chi connectivity index (χ1v) is 5.74. The zero-order valence-corrected chi connectivity index (χ0v) is 10.2. The minimum Gasteiger partial charge on any atom is -0.489 e. The predicted molar refractivity (Wildman–Crippen MR) is 69.2 cm³/mol. The van der Waals surface area contributed by atoms with Gasteiger partial charge in [-0.15, -0.1) is 0 Å². The number of para-hydroxylation sites is 1. The molecule has 0 amide bonds. The molecule has 0 saturated heterocycles. The lowest BCUT2D eigenvalue weighted by atomic mass is 10.1. The number of carboxylic acids is 1. The molecule has 0 bridgehead atoms. The average molecular weight is 263 g/mol. The highest BCUT2D eigenvalue weighted by Crippen LogP contribution is 2.20. The van der Waals surface area contributed by atoms with E-state index in [1.807, 2.05) is 30.3 Å². The number of ether oxygens (including phenoxy) is 1. The first-order valence-electron chi connectivity index (χ1n) is 5.36. The SMILES string of the molecule is O=C(O)c1ccc(COc2ccccc2)c(Cl)c1. The molecule has 0 radical (unpaired) electrons.